The first kappa shape index (κ1) is 7.05. The van der Waals surface area contributed by atoms with Gasteiger partial charge in [-0.3, -0.25) is 0 Å². The van der Waals surface area contributed by atoms with Gasteiger partial charge in [0.1, 0.15) is 5.92 Å². The van der Waals surface area contributed by atoms with E-state index in [0.29, 0.717) is 0 Å². The Kier molecular flexibility index (Phi) is 1.39. The molecule has 0 saturated carbocycles. The van der Waals surface area contributed by atoms with E-state index in [0.717, 1.165) is 0 Å². The van der Waals surface area contributed by atoms with Gasteiger partial charge in [0, 0.05) is 0 Å². The summed E-state index contributed by atoms with van der Waals surface area (Å²) in [5.41, 5.74) is -0.421. The Morgan fingerprint density at radius 3 is 2.10 bits per heavy atom. The Hall–Kier alpha value is -1.06. The minimum Gasteiger partial charge on any atom is -0.354 e. The first-order chi connectivity index (χ1) is 4.61. The lowest BCUT2D eigenvalue weighted by Crippen LogP contribution is -2.54. The van der Waals surface area contributed by atoms with Crippen LogP contribution in [0.1, 0.15) is 13.8 Å². The number of ether oxygens (including phenoxy) is 1. The molecule has 1 saturated heterocycles. The maximum Gasteiger partial charge on any atom is 0.163 e. The molecule has 1 rings (SSSR count). The molecule has 0 aliphatic carbocycles. The van der Waals surface area contributed by atoms with Gasteiger partial charge in [-0.2, -0.15) is 10.5 Å². The molecule has 0 aromatic carbocycles. The monoisotopic (exact) mass is 136 g/mol. The third-order valence-corrected chi connectivity index (χ3v) is 1.75. The summed E-state index contributed by atoms with van der Waals surface area (Å²) in [7, 11) is 0. The van der Waals surface area contributed by atoms with Crippen LogP contribution in [0.15, 0.2) is 0 Å². The molecule has 1 fully saturated rings. The summed E-state index contributed by atoms with van der Waals surface area (Å²) in [6.07, 6.45) is -0.514. The highest BCUT2D eigenvalue weighted by Gasteiger charge is 2.49. The molecule has 52 valence electrons. The van der Waals surface area contributed by atoms with E-state index in [1.807, 2.05) is 26.0 Å². The lowest BCUT2D eigenvalue weighted by Gasteiger charge is -2.43. The van der Waals surface area contributed by atoms with Gasteiger partial charge in [-0.1, -0.05) is 0 Å². The molecule has 1 aliphatic heterocycles. The second-order valence-corrected chi connectivity index (χ2v) is 2.88. The first-order valence-electron chi connectivity index (χ1n) is 3.09. The van der Waals surface area contributed by atoms with Crippen molar-refractivity contribution in [3.05, 3.63) is 0 Å². The molecule has 0 N–H and O–H groups in total. The molecule has 0 aromatic heterocycles. The lowest BCUT2D eigenvalue weighted by molar-refractivity contribution is -0.194. The van der Waals surface area contributed by atoms with Gasteiger partial charge >= 0.3 is 0 Å². The van der Waals surface area contributed by atoms with E-state index in [9.17, 15) is 0 Å². The number of hydrogen-bond donors (Lipinski definition) is 0. The van der Waals surface area contributed by atoms with Crippen molar-refractivity contribution in [1.82, 2.24) is 0 Å². The minimum absolute atomic E-state index is 0.266. The summed E-state index contributed by atoms with van der Waals surface area (Å²) >= 11 is 0. The minimum atomic E-state index is -0.514. The van der Waals surface area contributed by atoms with Crippen LogP contribution in [0.3, 0.4) is 0 Å². The Morgan fingerprint density at radius 1 is 1.30 bits per heavy atom. The molecular weight excluding hydrogens is 128 g/mol. The highest BCUT2D eigenvalue weighted by atomic mass is 16.5. The van der Waals surface area contributed by atoms with Crippen LogP contribution in [0.25, 0.3) is 0 Å². The highest BCUT2D eigenvalue weighted by molar-refractivity contribution is 5.14. The van der Waals surface area contributed by atoms with Gasteiger partial charge in [-0.15, -0.1) is 0 Å². The largest absolute Gasteiger partial charge is 0.354 e. The van der Waals surface area contributed by atoms with Crippen molar-refractivity contribution < 1.29 is 4.74 Å². The third-order valence-electron chi connectivity index (χ3n) is 1.75. The smallest absolute Gasteiger partial charge is 0.163 e. The van der Waals surface area contributed by atoms with Gasteiger partial charge in [-0.05, 0) is 13.8 Å². The highest BCUT2D eigenvalue weighted by Crippen LogP contribution is 2.37. The van der Waals surface area contributed by atoms with Crippen molar-refractivity contribution in [3.8, 4) is 12.1 Å². The fourth-order valence-corrected chi connectivity index (χ4v) is 1.08. The van der Waals surface area contributed by atoms with Crippen molar-refractivity contribution >= 4 is 0 Å². The molecular formula is C7H8N2O. The summed E-state index contributed by atoms with van der Waals surface area (Å²) in [6.45, 7) is 3.63. The molecule has 0 radical (unpaired) electrons. The second kappa shape index (κ2) is 1.97. The summed E-state index contributed by atoms with van der Waals surface area (Å²) in [5.74, 6) is -0.266. The molecule has 0 spiro atoms. The van der Waals surface area contributed by atoms with E-state index in [1.54, 1.807) is 0 Å². The van der Waals surface area contributed by atoms with Crippen LogP contribution in [-0.2, 0) is 4.74 Å². The maximum atomic E-state index is 8.54. The van der Waals surface area contributed by atoms with E-state index >= 15 is 0 Å². The number of rotatable bonds is 0. The average Bonchev–Trinajstić information content (AvgIpc) is 1.84. The normalized spacial score (nSPS) is 35.2. The molecule has 0 amide bonds. The van der Waals surface area contributed by atoms with Crippen LogP contribution in [0, 0.1) is 28.6 Å². The number of nitrogens with zero attached hydrogens (tertiary/aromatic N) is 2. The van der Waals surface area contributed by atoms with Crippen molar-refractivity contribution in [2.45, 2.75) is 25.6 Å². The van der Waals surface area contributed by atoms with E-state index in [1.165, 1.54) is 0 Å². The van der Waals surface area contributed by atoms with E-state index in [2.05, 4.69) is 0 Å². The van der Waals surface area contributed by atoms with Gasteiger partial charge < -0.3 is 4.74 Å². The summed E-state index contributed by atoms with van der Waals surface area (Å²) in [5, 5.41) is 16.9. The predicted molar refractivity (Wildman–Crippen MR) is 33.7 cm³/mol. The lowest BCUT2D eigenvalue weighted by atomic mass is 9.81. The second-order valence-electron chi connectivity index (χ2n) is 2.88. The van der Waals surface area contributed by atoms with Crippen LogP contribution in [-0.4, -0.2) is 11.7 Å². The third kappa shape index (κ3) is 0.761. The zero-order chi connectivity index (χ0) is 7.78. The van der Waals surface area contributed by atoms with Gasteiger partial charge in [0.2, 0.25) is 0 Å². The molecule has 3 heteroatoms. The van der Waals surface area contributed by atoms with Gasteiger partial charge in [-0.25, -0.2) is 0 Å². The summed E-state index contributed by atoms with van der Waals surface area (Å²) in [6, 6.07) is 3.96. The van der Waals surface area contributed by atoms with Crippen LogP contribution >= 0.6 is 0 Å². The van der Waals surface area contributed by atoms with Crippen molar-refractivity contribution in [2.75, 3.05) is 0 Å². The number of nitriles is 2. The molecule has 1 aliphatic rings. The molecule has 0 aromatic rings. The van der Waals surface area contributed by atoms with Crippen LogP contribution in [0.4, 0.5) is 0 Å². The Bertz CT molecular complexity index is 221. The zero-order valence-corrected chi connectivity index (χ0v) is 5.96. The quantitative estimate of drug-likeness (QED) is 0.495. The maximum absolute atomic E-state index is 8.54. The van der Waals surface area contributed by atoms with Gasteiger partial charge in [0.25, 0.3) is 0 Å². The predicted octanol–water partition coefficient (Wildman–Crippen LogP) is 0.827. The van der Waals surface area contributed by atoms with Crippen LogP contribution in [0.5, 0.6) is 0 Å². The van der Waals surface area contributed by atoms with Crippen molar-refractivity contribution in [3.63, 3.8) is 0 Å². The Morgan fingerprint density at radius 2 is 1.90 bits per heavy atom. The fraction of sp³-hybridized carbons (Fsp3) is 0.714. The molecule has 10 heavy (non-hydrogen) atoms. The Balaban J connectivity index is 2.68. The topological polar surface area (TPSA) is 56.8 Å². The first-order valence-corrected chi connectivity index (χ1v) is 3.09. The van der Waals surface area contributed by atoms with Crippen LogP contribution in [0.2, 0.25) is 0 Å². The Labute approximate surface area is 59.8 Å². The van der Waals surface area contributed by atoms with Crippen molar-refractivity contribution in [1.29, 1.82) is 10.5 Å². The molecule has 1 heterocycles. The van der Waals surface area contributed by atoms with Crippen LogP contribution < -0.4 is 0 Å². The van der Waals surface area contributed by atoms with Gasteiger partial charge in [0.15, 0.2) is 6.10 Å². The molecule has 3 nitrogen and oxygen atoms in total. The van der Waals surface area contributed by atoms with Gasteiger partial charge in [0.05, 0.1) is 17.7 Å². The fourth-order valence-electron chi connectivity index (χ4n) is 1.08. The zero-order valence-electron chi connectivity index (χ0n) is 5.96. The molecule has 2 atom stereocenters. The molecule has 0 unspecified atom stereocenters. The van der Waals surface area contributed by atoms with Crippen molar-refractivity contribution in [2.24, 2.45) is 5.92 Å². The SMILES string of the molecule is CC1(C)O[C@@H](C#N)[C@H]1C#N. The average molecular weight is 136 g/mol. The molecule has 0 bridgehead atoms. The van der Waals surface area contributed by atoms with E-state index in [-0.39, 0.29) is 5.92 Å². The summed E-state index contributed by atoms with van der Waals surface area (Å²) < 4.78 is 5.10. The standard InChI is InChI=1S/C7H8N2O/c1-7(2)5(3-8)6(4-9)10-7/h5-6H,1-2H3/t5-,6+/m1/s1. The summed E-state index contributed by atoms with van der Waals surface area (Å²) in [4.78, 5) is 0. The van der Waals surface area contributed by atoms with E-state index in [4.69, 9.17) is 15.3 Å². The van der Waals surface area contributed by atoms with E-state index < -0.39 is 11.7 Å². The number of hydrogen-bond acceptors (Lipinski definition) is 3.